The van der Waals surface area contributed by atoms with Crippen LogP contribution in [0, 0.1) is 0 Å². The Morgan fingerprint density at radius 2 is 2.17 bits per heavy atom. The molecule has 1 atom stereocenters. The predicted molar refractivity (Wildman–Crippen MR) is 89.4 cm³/mol. The second kappa shape index (κ2) is 8.61. The van der Waals surface area contributed by atoms with E-state index in [2.05, 4.69) is 39.1 Å². The zero-order chi connectivity index (χ0) is 16.6. The Morgan fingerprint density at radius 3 is 2.96 bits per heavy atom. The molecule has 0 bridgehead atoms. The molecule has 0 radical (unpaired) electrons. The lowest BCUT2D eigenvalue weighted by Gasteiger charge is -2.22. The fraction of sp³-hybridized carbons (Fsp3) is 0.444. The van der Waals surface area contributed by atoms with Gasteiger partial charge < -0.3 is 19.4 Å². The van der Waals surface area contributed by atoms with E-state index >= 15 is 0 Å². The van der Waals surface area contributed by atoms with Crippen LogP contribution in [0.3, 0.4) is 0 Å². The Balaban J connectivity index is 1.45. The molecule has 1 aromatic carbocycles. The lowest BCUT2D eigenvalue weighted by atomic mass is 10.1. The van der Waals surface area contributed by atoms with Gasteiger partial charge in [-0.25, -0.2) is 4.98 Å². The molecule has 1 aliphatic rings. The van der Waals surface area contributed by atoms with Gasteiger partial charge in [-0.3, -0.25) is 4.79 Å². The van der Waals surface area contributed by atoms with Gasteiger partial charge in [0.05, 0.1) is 26.4 Å². The first-order valence-corrected chi connectivity index (χ1v) is 8.34. The zero-order valence-corrected chi connectivity index (χ0v) is 13.7. The third-order valence-electron chi connectivity index (χ3n) is 4.04. The first-order valence-electron chi connectivity index (χ1n) is 8.34. The van der Waals surface area contributed by atoms with E-state index in [1.54, 1.807) is 6.20 Å². The van der Waals surface area contributed by atoms with Crippen molar-refractivity contribution in [1.29, 1.82) is 0 Å². The molecule has 1 aliphatic heterocycles. The highest BCUT2D eigenvalue weighted by atomic mass is 16.6. The fourth-order valence-electron chi connectivity index (χ4n) is 2.73. The van der Waals surface area contributed by atoms with E-state index in [1.165, 1.54) is 5.56 Å². The van der Waals surface area contributed by atoms with E-state index < -0.39 is 6.10 Å². The van der Waals surface area contributed by atoms with E-state index in [4.69, 9.17) is 9.47 Å². The summed E-state index contributed by atoms with van der Waals surface area (Å²) in [4.78, 5) is 16.4. The number of hydrogen-bond donors (Lipinski definition) is 1. The van der Waals surface area contributed by atoms with Crippen LogP contribution in [0.2, 0.25) is 0 Å². The molecular weight excluding hydrogens is 306 g/mol. The molecule has 1 unspecified atom stereocenters. The van der Waals surface area contributed by atoms with Gasteiger partial charge in [0, 0.05) is 18.9 Å². The maximum Gasteiger partial charge on any atom is 0.251 e. The van der Waals surface area contributed by atoms with Crippen LogP contribution in [0.15, 0.2) is 42.7 Å². The number of aromatic nitrogens is 2. The number of hydrogen-bond acceptors (Lipinski definition) is 4. The highest BCUT2D eigenvalue weighted by Gasteiger charge is 2.22. The largest absolute Gasteiger partial charge is 0.376 e. The number of ether oxygens (including phenoxy) is 2. The zero-order valence-electron chi connectivity index (χ0n) is 13.7. The van der Waals surface area contributed by atoms with Crippen LogP contribution in [0.1, 0.15) is 17.8 Å². The van der Waals surface area contributed by atoms with Crippen molar-refractivity contribution < 1.29 is 14.3 Å². The summed E-state index contributed by atoms with van der Waals surface area (Å²) in [6.45, 7) is 2.61. The van der Waals surface area contributed by atoms with Crippen molar-refractivity contribution >= 4 is 5.91 Å². The van der Waals surface area contributed by atoms with E-state index in [1.807, 2.05) is 12.3 Å². The van der Waals surface area contributed by atoms with Crippen molar-refractivity contribution in [3.8, 4) is 0 Å². The van der Waals surface area contributed by atoms with Crippen molar-refractivity contribution in [3.63, 3.8) is 0 Å². The number of nitrogens with zero attached hydrogens (tertiary/aromatic N) is 2. The Morgan fingerprint density at radius 1 is 1.29 bits per heavy atom. The maximum atomic E-state index is 12.1. The Labute approximate surface area is 141 Å². The molecule has 2 heterocycles. The van der Waals surface area contributed by atoms with Gasteiger partial charge in [0.2, 0.25) is 0 Å². The standard InChI is InChI=1S/C18H23N3O3/c22-18(16-14-23-11-12-24-16)20-13-17-19-8-10-21(17)9-4-7-15-5-2-1-3-6-15/h1-3,5-6,8,10,16H,4,7,9,11-14H2,(H,20,22). The van der Waals surface area contributed by atoms with Crippen LogP contribution in [-0.2, 0) is 33.8 Å². The quantitative estimate of drug-likeness (QED) is 0.837. The van der Waals surface area contributed by atoms with Gasteiger partial charge in [0.15, 0.2) is 6.10 Å². The van der Waals surface area contributed by atoms with E-state index in [-0.39, 0.29) is 5.91 Å². The summed E-state index contributed by atoms with van der Waals surface area (Å²) in [5, 5.41) is 2.88. The maximum absolute atomic E-state index is 12.1. The topological polar surface area (TPSA) is 65.4 Å². The Bertz CT molecular complexity index is 636. The van der Waals surface area contributed by atoms with E-state index in [9.17, 15) is 4.79 Å². The van der Waals surface area contributed by atoms with Gasteiger partial charge in [-0.05, 0) is 18.4 Å². The predicted octanol–water partition coefficient (Wildman–Crippen LogP) is 1.55. The minimum Gasteiger partial charge on any atom is -0.376 e. The van der Waals surface area contributed by atoms with E-state index in [0.717, 1.165) is 25.2 Å². The third kappa shape index (κ3) is 4.66. The normalized spacial score (nSPS) is 17.6. The summed E-state index contributed by atoms with van der Waals surface area (Å²) >= 11 is 0. The molecule has 0 spiro atoms. The minimum absolute atomic E-state index is 0.145. The number of carbonyl (C=O) groups excluding carboxylic acids is 1. The summed E-state index contributed by atoms with van der Waals surface area (Å²) in [6, 6.07) is 10.4. The van der Waals surface area contributed by atoms with Gasteiger partial charge >= 0.3 is 0 Å². The third-order valence-corrected chi connectivity index (χ3v) is 4.04. The van der Waals surface area contributed by atoms with Gasteiger partial charge in [-0.15, -0.1) is 0 Å². The number of carbonyl (C=O) groups is 1. The number of aryl methyl sites for hydroxylation is 2. The Kier molecular flexibility index (Phi) is 5.98. The average Bonchev–Trinajstić information content (AvgIpc) is 3.09. The average molecular weight is 329 g/mol. The van der Waals surface area contributed by atoms with E-state index in [0.29, 0.717) is 26.4 Å². The number of amides is 1. The van der Waals surface area contributed by atoms with Crippen molar-refractivity contribution in [3.05, 3.63) is 54.1 Å². The molecule has 2 aromatic rings. The van der Waals surface area contributed by atoms with Crippen molar-refractivity contribution in [1.82, 2.24) is 14.9 Å². The molecule has 3 rings (SSSR count). The molecule has 1 N–H and O–H groups in total. The van der Waals surface area contributed by atoms with Crippen LogP contribution in [-0.4, -0.2) is 41.4 Å². The molecule has 6 nitrogen and oxygen atoms in total. The van der Waals surface area contributed by atoms with Gasteiger partial charge in [-0.2, -0.15) is 0 Å². The summed E-state index contributed by atoms with van der Waals surface area (Å²) in [7, 11) is 0. The molecular formula is C18H23N3O3. The lowest BCUT2D eigenvalue weighted by Crippen LogP contribution is -2.42. The fourth-order valence-corrected chi connectivity index (χ4v) is 2.73. The van der Waals surface area contributed by atoms with Crippen LogP contribution in [0.4, 0.5) is 0 Å². The first-order chi connectivity index (χ1) is 11.8. The smallest absolute Gasteiger partial charge is 0.251 e. The monoisotopic (exact) mass is 329 g/mol. The first kappa shape index (κ1) is 16.7. The molecule has 24 heavy (non-hydrogen) atoms. The van der Waals surface area contributed by atoms with Crippen molar-refractivity contribution in [2.45, 2.75) is 32.0 Å². The molecule has 1 fully saturated rings. The summed E-state index contributed by atoms with van der Waals surface area (Å²) in [5.74, 6) is 0.710. The highest BCUT2D eigenvalue weighted by molar-refractivity contribution is 5.80. The number of rotatable bonds is 7. The molecule has 0 aliphatic carbocycles. The van der Waals surface area contributed by atoms with Crippen LogP contribution in [0.5, 0.6) is 0 Å². The van der Waals surface area contributed by atoms with Crippen molar-refractivity contribution in [2.75, 3.05) is 19.8 Å². The summed E-state index contributed by atoms with van der Waals surface area (Å²) in [6.07, 6.45) is 5.26. The molecule has 1 amide bonds. The molecule has 1 saturated heterocycles. The van der Waals surface area contributed by atoms with Crippen molar-refractivity contribution in [2.24, 2.45) is 0 Å². The molecule has 128 valence electrons. The van der Waals surface area contributed by atoms with Crippen LogP contribution < -0.4 is 5.32 Å². The highest BCUT2D eigenvalue weighted by Crippen LogP contribution is 2.06. The van der Waals surface area contributed by atoms with Gasteiger partial charge in [0.25, 0.3) is 5.91 Å². The Hall–Kier alpha value is -2.18. The van der Waals surface area contributed by atoms with Crippen LogP contribution in [0.25, 0.3) is 0 Å². The second-order valence-corrected chi connectivity index (χ2v) is 5.78. The minimum atomic E-state index is -0.514. The summed E-state index contributed by atoms with van der Waals surface area (Å²) in [5.41, 5.74) is 1.34. The van der Waals surface area contributed by atoms with Gasteiger partial charge in [0.1, 0.15) is 5.82 Å². The number of benzene rings is 1. The van der Waals surface area contributed by atoms with Gasteiger partial charge in [-0.1, -0.05) is 30.3 Å². The lowest BCUT2D eigenvalue weighted by molar-refractivity contribution is -0.147. The number of imidazole rings is 1. The second-order valence-electron chi connectivity index (χ2n) is 5.78. The molecule has 6 heteroatoms. The molecule has 0 saturated carbocycles. The molecule has 1 aromatic heterocycles. The summed E-state index contributed by atoms with van der Waals surface area (Å²) < 4.78 is 12.7. The van der Waals surface area contributed by atoms with Crippen LogP contribution >= 0.6 is 0 Å². The number of nitrogens with one attached hydrogen (secondary N) is 1. The SMILES string of the molecule is O=C(NCc1nccn1CCCc1ccccc1)C1COCCO1.